The van der Waals surface area contributed by atoms with Crippen LogP contribution < -0.4 is 27.8 Å². The van der Waals surface area contributed by atoms with Crippen LogP contribution in [0.4, 0.5) is 0 Å². The summed E-state index contributed by atoms with van der Waals surface area (Å²) in [5.41, 5.74) is 15.9. The standard InChI is InChI=1S/C14H27N5O5/c1-8(18-13(22)9(16)5-6-11(17)20)12(21)19-10(14(23)24)4-2-3-7-15/h8-10H,2-7,15-16H2,1H3,(H2,17,20)(H,18,22)(H,19,21)(H,23,24)/t8-,9+,10+/m1/s1. The molecular weight excluding hydrogens is 318 g/mol. The number of carbonyl (C=O) groups is 4. The van der Waals surface area contributed by atoms with Gasteiger partial charge in [-0.2, -0.15) is 0 Å². The summed E-state index contributed by atoms with van der Waals surface area (Å²) in [6.45, 7) is 1.85. The largest absolute Gasteiger partial charge is 0.480 e. The summed E-state index contributed by atoms with van der Waals surface area (Å²) in [6.07, 6.45) is 1.48. The van der Waals surface area contributed by atoms with E-state index in [4.69, 9.17) is 22.3 Å². The molecule has 3 atom stereocenters. The summed E-state index contributed by atoms with van der Waals surface area (Å²) < 4.78 is 0. The Balaban J connectivity index is 4.44. The number of aliphatic carboxylic acids is 1. The van der Waals surface area contributed by atoms with Gasteiger partial charge < -0.3 is 32.9 Å². The Bertz CT molecular complexity index is 457. The van der Waals surface area contributed by atoms with E-state index in [1.54, 1.807) is 0 Å². The van der Waals surface area contributed by atoms with Gasteiger partial charge in [-0.05, 0) is 39.2 Å². The van der Waals surface area contributed by atoms with Gasteiger partial charge in [0.15, 0.2) is 0 Å². The molecule has 0 fully saturated rings. The molecule has 138 valence electrons. The van der Waals surface area contributed by atoms with E-state index in [-0.39, 0.29) is 19.3 Å². The maximum absolute atomic E-state index is 12.0. The number of unbranched alkanes of at least 4 members (excludes halogenated alkanes) is 1. The molecule has 0 aliphatic heterocycles. The maximum atomic E-state index is 12.0. The molecule has 0 spiro atoms. The maximum Gasteiger partial charge on any atom is 0.326 e. The van der Waals surface area contributed by atoms with Crippen molar-refractivity contribution in [2.45, 2.75) is 57.2 Å². The molecule has 0 aliphatic carbocycles. The fourth-order valence-corrected chi connectivity index (χ4v) is 1.86. The number of hydrogen-bond acceptors (Lipinski definition) is 6. The lowest BCUT2D eigenvalue weighted by molar-refractivity contribution is -0.142. The van der Waals surface area contributed by atoms with Crippen LogP contribution >= 0.6 is 0 Å². The van der Waals surface area contributed by atoms with Crippen LogP contribution in [0.2, 0.25) is 0 Å². The molecule has 0 aromatic carbocycles. The number of hydrogen-bond donors (Lipinski definition) is 6. The Morgan fingerprint density at radius 3 is 2.17 bits per heavy atom. The zero-order valence-electron chi connectivity index (χ0n) is 13.8. The fourth-order valence-electron chi connectivity index (χ4n) is 1.86. The molecule has 24 heavy (non-hydrogen) atoms. The third-order valence-corrected chi connectivity index (χ3v) is 3.35. The molecule has 0 unspecified atom stereocenters. The fraction of sp³-hybridized carbons (Fsp3) is 0.714. The quantitative estimate of drug-likeness (QED) is 0.216. The second-order valence-corrected chi connectivity index (χ2v) is 5.53. The number of nitrogens with two attached hydrogens (primary N) is 3. The molecule has 0 saturated carbocycles. The van der Waals surface area contributed by atoms with E-state index < -0.39 is 41.8 Å². The van der Waals surface area contributed by atoms with Crippen molar-refractivity contribution in [3.8, 4) is 0 Å². The average molecular weight is 345 g/mol. The summed E-state index contributed by atoms with van der Waals surface area (Å²) in [5.74, 6) is -2.98. The van der Waals surface area contributed by atoms with Gasteiger partial charge in [0.05, 0.1) is 6.04 Å². The van der Waals surface area contributed by atoms with Crippen molar-refractivity contribution in [2.75, 3.05) is 6.54 Å². The minimum atomic E-state index is -1.16. The van der Waals surface area contributed by atoms with E-state index in [1.165, 1.54) is 6.92 Å². The summed E-state index contributed by atoms with van der Waals surface area (Å²) >= 11 is 0. The van der Waals surface area contributed by atoms with E-state index in [0.717, 1.165) is 0 Å². The first-order valence-corrected chi connectivity index (χ1v) is 7.76. The monoisotopic (exact) mass is 345 g/mol. The Kier molecular flexibility index (Phi) is 10.3. The van der Waals surface area contributed by atoms with Crippen LogP contribution in [-0.4, -0.2) is 53.5 Å². The number of amides is 3. The number of rotatable bonds is 12. The number of carboxylic acid groups (broad SMARTS) is 1. The molecule has 10 heteroatoms. The third kappa shape index (κ3) is 9.06. The first-order valence-electron chi connectivity index (χ1n) is 7.76. The smallest absolute Gasteiger partial charge is 0.326 e. The van der Waals surface area contributed by atoms with E-state index in [1.807, 2.05) is 0 Å². The molecule has 0 aliphatic rings. The van der Waals surface area contributed by atoms with Gasteiger partial charge in [0.1, 0.15) is 12.1 Å². The zero-order chi connectivity index (χ0) is 18.7. The summed E-state index contributed by atoms with van der Waals surface area (Å²) in [6, 6.07) is -2.99. The molecule has 0 saturated heterocycles. The van der Waals surface area contributed by atoms with Gasteiger partial charge in [0.25, 0.3) is 0 Å². The molecule has 3 amide bonds. The molecular formula is C14H27N5O5. The highest BCUT2D eigenvalue weighted by Crippen LogP contribution is 2.02. The van der Waals surface area contributed by atoms with Crippen molar-refractivity contribution in [3.63, 3.8) is 0 Å². The minimum Gasteiger partial charge on any atom is -0.480 e. The highest BCUT2D eigenvalue weighted by Gasteiger charge is 2.25. The van der Waals surface area contributed by atoms with Gasteiger partial charge in [0, 0.05) is 6.42 Å². The summed E-state index contributed by atoms with van der Waals surface area (Å²) in [4.78, 5) is 45.6. The number of nitrogens with one attached hydrogen (secondary N) is 2. The van der Waals surface area contributed by atoms with E-state index in [0.29, 0.717) is 19.4 Å². The van der Waals surface area contributed by atoms with Gasteiger partial charge in [0.2, 0.25) is 17.7 Å². The first-order chi connectivity index (χ1) is 11.2. The molecule has 0 heterocycles. The third-order valence-electron chi connectivity index (χ3n) is 3.35. The molecule has 0 rings (SSSR count). The highest BCUT2D eigenvalue weighted by atomic mass is 16.4. The van der Waals surface area contributed by atoms with Crippen LogP contribution in [0.15, 0.2) is 0 Å². The Morgan fingerprint density at radius 2 is 1.67 bits per heavy atom. The highest BCUT2D eigenvalue weighted by molar-refractivity contribution is 5.91. The van der Waals surface area contributed by atoms with Gasteiger partial charge in [-0.15, -0.1) is 0 Å². The van der Waals surface area contributed by atoms with E-state index in [2.05, 4.69) is 10.6 Å². The SMILES string of the molecule is C[C@@H](NC(=O)[C@@H](N)CCC(N)=O)C(=O)N[C@@H](CCCCN)C(=O)O. The van der Waals surface area contributed by atoms with Crippen molar-refractivity contribution in [1.82, 2.24) is 10.6 Å². The Labute approximate surface area is 140 Å². The molecule has 0 aromatic rings. The van der Waals surface area contributed by atoms with E-state index >= 15 is 0 Å². The van der Waals surface area contributed by atoms with Crippen LogP contribution in [0.1, 0.15) is 39.0 Å². The van der Waals surface area contributed by atoms with Crippen molar-refractivity contribution >= 4 is 23.7 Å². The van der Waals surface area contributed by atoms with Crippen molar-refractivity contribution in [1.29, 1.82) is 0 Å². The first kappa shape index (κ1) is 21.8. The zero-order valence-corrected chi connectivity index (χ0v) is 13.8. The molecule has 0 bridgehead atoms. The second-order valence-electron chi connectivity index (χ2n) is 5.53. The van der Waals surface area contributed by atoms with Crippen LogP contribution in [0.25, 0.3) is 0 Å². The van der Waals surface area contributed by atoms with Crippen LogP contribution in [0.5, 0.6) is 0 Å². The number of carboxylic acids is 1. The lowest BCUT2D eigenvalue weighted by Crippen LogP contribution is -2.53. The van der Waals surface area contributed by atoms with Gasteiger partial charge in [-0.3, -0.25) is 14.4 Å². The van der Waals surface area contributed by atoms with Crippen molar-refractivity contribution < 1.29 is 24.3 Å². The van der Waals surface area contributed by atoms with E-state index in [9.17, 15) is 19.2 Å². The van der Waals surface area contributed by atoms with Crippen LogP contribution in [0.3, 0.4) is 0 Å². The normalized spacial score (nSPS) is 14.3. The van der Waals surface area contributed by atoms with Gasteiger partial charge in [-0.1, -0.05) is 0 Å². The lowest BCUT2D eigenvalue weighted by atomic mass is 10.1. The lowest BCUT2D eigenvalue weighted by Gasteiger charge is -2.20. The Morgan fingerprint density at radius 1 is 1.04 bits per heavy atom. The number of carbonyl (C=O) groups excluding carboxylic acids is 3. The van der Waals surface area contributed by atoms with Crippen LogP contribution in [0, 0.1) is 0 Å². The molecule has 10 nitrogen and oxygen atoms in total. The van der Waals surface area contributed by atoms with Gasteiger partial charge in [-0.25, -0.2) is 4.79 Å². The average Bonchev–Trinajstić information content (AvgIpc) is 2.50. The summed E-state index contributed by atoms with van der Waals surface area (Å²) in [7, 11) is 0. The van der Waals surface area contributed by atoms with Crippen molar-refractivity contribution in [2.24, 2.45) is 17.2 Å². The Hall–Kier alpha value is -2.20. The molecule has 0 aromatic heterocycles. The summed E-state index contributed by atoms with van der Waals surface area (Å²) in [5, 5.41) is 13.8. The van der Waals surface area contributed by atoms with Gasteiger partial charge >= 0.3 is 5.97 Å². The van der Waals surface area contributed by atoms with Crippen LogP contribution in [-0.2, 0) is 19.2 Å². The number of primary amides is 1. The second kappa shape index (κ2) is 11.4. The predicted octanol–water partition coefficient (Wildman–Crippen LogP) is -2.22. The molecule has 9 N–H and O–H groups in total. The minimum absolute atomic E-state index is 0.0443. The predicted molar refractivity (Wildman–Crippen MR) is 86.5 cm³/mol. The molecule has 0 radical (unpaired) electrons. The topological polar surface area (TPSA) is 191 Å². The van der Waals surface area contributed by atoms with Crippen molar-refractivity contribution in [3.05, 3.63) is 0 Å².